The van der Waals surface area contributed by atoms with Crippen molar-refractivity contribution in [1.29, 1.82) is 0 Å². The van der Waals surface area contributed by atoms with Crippen LogP contribution in [0, 0.1) is 0 Å². The standard InChI is InChI=1S/C32H35N5O4.2C2HF3O2/c33-29(36-32(40)41-21-23-7-3-1-4-8-23)25-13-11-22(12-14-25)20-35-30(38)28-16-18-37(28)31(39)27-19-26(15-17-34-27)24-9-5-2-6-10-24;2*3-2(4,5)1(6)7/h1-14,26-28,34H,15-21H2,(H,35,38)(H2,33,36,40);2*(H,6,7)/t26-,27+,28-;;/m0../s1. The van der Waals surface area contributed by atoms with E-state index in [4.69, 9.17) is 30.3 Å². The lowest BCUT2D eigenvalue weighted by Gasteiger charge is -2.43. The van der Waals surface area contributed by atoms with E-state index in [2.05, 4.69) is 27.8 Å². The molecule has 296 valence electrons. The number of hydrogen-bond acceptors (Lipinski definition) is 7. The number of carbonyl (C=O) groups excluding carboxylic acids is 3. The summed E-state index contributed by atoms with van der Waals surface area (Å²) in [6.07, 6.45) is -8.55. The Morgan fingerprint density at radius 1 is 0.818 bits per heavy atom. The number of carboxylic acid groups (broad SMARTS) is 2. The number of amidine groups is 1. The Bertz CT molecular complexity index is 1770. The number of hydrogen-bond donors (Lipinski definition) is 5. The third kappa shape index (κ3) is 14.1. The molecule has 0 aromatic heterocycles. The van der Waals surface area contributed by atoms with Crippen LogP contribution in [0.15, 0.2) is 89.9 Å². The smallest absolute Gasteiger partial charge is 0.475 e. The third-order valence-electron chi connectivity index (χ3n) is 8.20. The molecular weight excluding hydrogens is 744 g/mol. The van der Waals surface area contributed by atoms with Crippen molar-refractivity contribution in [2.24, 2.45) is 10.7 Å². The van der Waals surface area contributed by atoms with Gasteiger partial charge in [-0.15, -0.1) is 0 Å². The number of alkyl halides is 6. The molecule has 3 aromatic rings. The van der Waals surface area contributed by atoms with Gasteiger partial charge in [0, 0.05) is 18.7 Å². The predicted octanol–water partition coefficient (Wildman–Crippen LogP) is 4.75. The van der Waals surface area contributed by atoms with Gasteiger partial charge in [0.1, 0.15) is 18.5 Å². The zero-order chi connectivity index (χ0) is 40.8. The molecule has 19 heteroatoms. The fourth-order valence-corrected chi connectivity index (χ4v) is 5.27. The van der Waals surface area contributed by atoms with E-state index in [9.17, 15) is 40.7 Å². The molecule has 2 heterocycles. The van der Waals surface area contributed by atoms with Gasteiger partial charge in [0.25, 0.3) is 0 Å². The van der Waals surface area contributed by atoms with E-state index >= 15 is 0 Å². The maximum atomic E-state index is 13.3. The number of carboxylic acids is 2. The van der Waals surface area contributed by atoms with Gasteiger partial charge in [-0.1, -0.05) is 84.9 Å². The van der Waals surface area contributed by atoms with Crippen molar-refractivity contribution in [3.63, 3.8) is 0 Å². The van der Waals surface area contributed by atoms with Gasteiger partial charge >= 0.3 is 30.4 Å². The molecule has 0 saturated carbocycles. The van der Waals surface area contributed by atoms with Crippen molar-refractivity contribution in [1.82, 2.24) is 15.5 Å². The van der Waals surface area contributed by atoms with Crippen molar-refractivity contribution in [3.05, 3.63) is 107 Å². The van der Waals surface area contributed by atoms with Crippen molar-refractivity contribution >= 4 is 35.7 Å². The Kier molecular flexibility index (Phi) is 15.7. The first-order valence-corrected chi connectivity index (χ1v) is 16.5. The first-order chi connectivity index (χ1) is 25.9. The summed E-state index contributed by atoms with van der Waals surface area (Å²) in [6, 6.07) is 26.0. The SMILES string of the molecule is NC(=NC(=O)OCc1ccccc1)c1ccc(CNC(=O)[C@@H]2CCN2C(=O)[C@H]2C[C@@H](c3ccccc3)CCN2)cc1.O=C(O)C(F)(F)F.O=C(O)C(F)(F)F. The maximum absolute atomic E-state index is 13.3. The minimum Gasteiger partial charge on any atom is -0.475 e. The first-order valence-electron chi connectivity index (χ1n) is 16.5. The van der Waals surface area contributed by atoms with E-state index < -0.39 is 36.4 Å². The lowest BCUT2D eigenvalue weighted by molar-refractivity contribution is -0.193. The second-order valence-corrected chi connectivity index (χ2v) is 12.0. The Morgan fingerprint density at radius 2 is 1.36 bits per heavy atom. The summed E-state index contributed by atoms with van der Waals surface area (Å²) in [5.74, 6) is -5.29. The number of benzene rings is 3. The molecule has 3 amide bonds. The topological polar surface area (TPSA) is 201 Å². The van der Waals surface area contributed by atoms with Crippen molar-refractivity contribution in [3.8, 4) is 0 Å². The quantitative estimate of drug-likeness (QED) is 0.121. The number of halogens is 6. The van der Waals surface area contributed by atoms with Crippen LogP contribution in [0.3, 0.4) is 0 Å². The van der Waals surface area contributed by atoms with Crippen LogP contribution in [-0.2, 0) is 37.1 Å². The summed E-state index contributed by atoms with van der Waals surface area (Å²) >= 11 is 0. The average Bonchev–Trinajstić information content (AvgIpc) is 3.13. The molecular formula is C36H37F6N5O8. The molecule has 0 radical (unpaired) electrons. The molecule has 2 fully saturated rings. The zero-order valence-electron chi connectivity index (χ0n) is 28.8. The highest BCUT2D eigenvalue weighted by molar-refractivity contribution is 6.02. The van der Waals surface area contributed by atoms with E-state index in [1.54, 1.807) is 17.0 Å². The number of aliphatic carboxylic acids is 2. The van der Waals surface area contributed by atoms with Crippen molar-refractivity contribution in [2.45, 2.75) is 62.8 Å². The summed E-state index contributed by atoms with van der Waals surface area (Å²) in [4.78, 5) is 61.5. The molecule has 3 atom stereocenters. The largest absolute Gasteiger partial charge is 0.490 e. The van der Waals surface area contributed by atoms with Gasteiger partial charge in [-0.25, -0.2) is 14.4 Å². The Hall–Kier alpha value is -5.98. The van der Waals surface area contributed by atoms with Gasteiger partial charge in [0.15, 0.2) is 0 Å². The Balaban J connectivity index is 0.000000494. The Labute approximate surface area is 310 Å². The van der Waals surface area contributed by atoms with Gasteiger partial charge in [-0.05, 0) is 48.4 Å². The van der Waals surface area contributed by atoms with E-state index in [0.717, 1.165) is 30.5 Å². The van der Waals surface area contributed by atoms with Crippen LogP contribution in [-0.4, -0.2) is 88.3 Å². The molecule has 5 rings (SSSR count). The molecule has 2 saturated heterocycles. The van der Waals surface area contributed by atoms with Crippen LogP contribution < -0.4 is 16.4 Å². The molecule has 55 heavy (non-hydrogen) atoms. The van der Waals surface area contributed by atoms with Gasteiger partial charge in [-0.2, -0.15) is 31.3 Å². The number of likely N-dealkylation sites (tertiary alicyclic amines) is 1. The van der Waals surface area contributed by atoms with Crippen LogP contribution >= 0.6 is 0 Å². The number of rotatable bonds is 8. The molecule has 6 N–H and O–H groups in total. The number of nitrogens with zero attached hydrogens (tertiary/aromatic N) is 2. The molecule has 0 bridgehead atoms. The highest BCUT2D eigenvalue weighted by Gasteiger charge is 2.41. The molecule has 0 spiro atoms. The second-order valence-electron chi connectivity index (χ2n) is 12.0. The normalized spacial score (nSPS) is 18.2. The lowest BCUT2D eigenvalue weighted by atomic mass is 9.85. The summed E-state index contributed by atoms with van der Waals surface area (Å²) in [7, 11) is 0. The minimum absolute atomic E-state index is 0.00144. The van der Waals surface area contributed by atoms with E-state index in [0.29, 0.717) is 31.0 Å². The fraction of sp³-hybridized carbons (Fsp3) is 0.333. The fourth-order valence-electron chi connectivity index (χ4n) is 5.27. The summed E-state index contributed by atoms with van der Waals surface area (Å²) in [6.45, 7) is 1.79. The van der Waals surface area contributed by atoms with Gasteiger partial charge in [0.05, 0.1) is 6.04 Å². The van der Waals surface area contributed by atoms with E-state index in [-0.39, 0.29) is 30.3 Å². The monoisotopic (exact) mass is 781 g/mol. The van der Waals surface area contributed by atoms with Crippen LogP contribution in [0.5, 0.6) is 0 Å². The van der Waals surface area contributed by atoms with Crippen LogP contribution in [0.2, 0.25) is 0 Å². The van der Waals surface area contributed by atoms with Gasteiger partial charge in [0.2, 0.25) is 11.8 Å². The van der Waals surface area contributed by atoms with Crippen LogP contribution in [0.25, 0.3) is 0 Å². The zero-order valence-corrected chi connectivity index (χ0v) is 28.8. The summed E-state index contributed by atoms with van der Waals surface area (Å²) in [5.41, 5.74) is 9.53. The molecule has 0 unspecified atom stereocenters. The predicted molar refractivity (Wildman–Crippen MR) is 183 cm³/mol. The average molecular weight is 782 g/mol. The molecule has 3 aromatic carbocycles. The third-order valence-corrected chi connectivity index (χ3v) is 8.20. The first kappa shape index (κ1) is 43.4. The van der Waals surface area contributed by atoms with Crippen molar-refractivity contribution < 1.29 is 65.3 Å². The lowest BCUT2D eigenvalue weighted by Crippen LogP contribution is -2.62. The molecule has 13 nitrogen and oxygen atoms in total. The molecule has 2 aliphatic heterocycles. The van der Waals surface area contributed by atoms with Gasteiger partial charge < -0.3 is 36.2 Å². The van der Waals surface area contributed by atoms with Gasteiger partial charge in [-0.3, -0.25) is 9.59 Å². The van der Waals surface area contributed by atoms with E-state index in [1.165, 1.54) is 5.56 Å². The maximum Gasteiger partial charge on any atom is 0.490 e. The molecule has 0 aliphatic carbocycles. The van der Waals surface area contributed by atoms with Crippen molar-refractivity contribution in [2.75, 3.05) is 13.1 Å². The summed E-state index contributed by atoms with van der Waals surface area (Å²) in [5, 5.41) is 20.6. The highest BCUT2D eigenvalue weighted by atomic mass is 19.4. The van der Waals surface area contributed by atoms with Crippen LogP contribution in [0.1, 0.15) is 47.4 Å². The van der Waals surface area contributed by atoms with E-state index in [1.807, 2.05) is 60.7 Å². The number of nitrogens with one attached hydrogen (secondary N) is 2. The summed E-state index contributed by atoms with van der Waals surface area (Å²) < 4.78 is 68.6. The second kappa shape index (κ2) is 19.9. The number of amides is 3. The number of aliphatic imine (C=N–C) groups is 1. The Morgan fingerprint density at radius 3 is 1.87 bits per heavy atom. The number of carbonyl (C=O) groups is 5. The van der Waals surface area contributed by atoms with Crippen LogP contribution in [0.4, 0.5) is 31.1 Å². The number of ether oxygens (including phenoxy) is 1. The molecule has 2 aliphatic rings. The number of nitrogens with two attached hydrogens (primary N) is 1. The highest BCUT2D eigenvalue weighted by Crippen LogP contribution is 2.30. The number of piperidine rings is 1. The minimum atomic E-state index is -5.08.